The monoisotopic (exact) mass is 210 g/mol. The van der Waals surface area contributed by atoms with Crippen molar-refractivity contribution in [2.24, 2.45) is 5.92 Å². The molecule has 0 bridgehead atoms. The fraction of sp³-hybridized carbons (Fsp3) is 0.455. The first-order valence-corrected chi connectivity index (χ1v) is 5.34. The van der Waals surface area contributed by atoms with Gasteiger partial charge in [0.15, 0.2) is 0 Å². The Kier molecular flexibility index (Phi) is 2.55. The highest BCUT2D eigenvalue weighted by Crippen LogP contribution is 2.32. The van der Waals surface area contributed by atoms with Gasteiger partial charge in [-0.15, -0.1) is 0 Å². The Hall–Kier alpha value is -0.890. The molecule has 0 spiro atoms. The molecular formula is C11H15ClN2. The lowest BCUT2D eigenvalue weighted by molar-refractivity contribution is 0.889. The normalized spacial score (nSPS) is 15.6. The molecule has 0 amide bonds. The summed E-state index contributed by atoms with van der Waals surface area (Å²) in [5.74, 6) is 0.852. The summed E-state index contributed by atoms with van der Waals surface area (Å²) in [6.45, 7) is 2.98. The summed E-state index contributed by atoms with van der Waals surface area (Å²) in [5.41, 5.74) is 8.70. The van der Waals surface area contributed by atoms with Crippen molar-refractivity contribution in [3.05, 3.63) is 22.7 Å². The van der Waals surface area contributed by atoms with Crippen LogP contribution in [0.25, 0.3) is 0 Å². The molecule has 1 aromatic carbocycles. The predicted octanol–water partition coefficient (Wildman–Crippen LogP) is 3.05. The van der Waals surface area contributed by atoms with Gasteiger partial charge in [-0.05, 0) is 43.4 Å². The Labute approximate surface area is 89.4 Å². The van der Waals surface area contributed by atoms with Gasteiger partial charge in [0.25, 0.3) is 0 Å². The molecule has 3 N–H and O–H groups in total. The third-order valence-electron chi connectivity index (χ3n) is 2.73. The Bertz CT molecular complexity index is 345. The molecule has 0 saturated heterocycles. The van der Waals surface area contributed by atoms with Gasteiger partial charge in [0.05, 0.1) is 11.4 Å². The van der Waals surface area contributed by atoms with Gasteiger partial charge in [-0.2, -0.15) is 0 Å². The van der Waals surface area contributed by atoms with Crippen LogP contribution in [0.15, 0.2) is 12.1 Å². The van der Waals surface area contributed by atoms with Crippen LogP contribution in [0.4, 0.5) is 11.4 Å². The molecule has 0 heterocycles. The van der Waals surface area contributed by atoms with E-state index in [0.717, 1.165) is 34.4 Å². The summed E-state index contributed by atoms with van der Waals surface area (Å²) in [5, 5.41) is 4.09. The first-order chi connectivity index (χ1) is 6.68. The number of halogens is 1. The maximum atomic E-state index is 5.95. The van der Waals surface area contributed by atoms with Gasteiger partial charge in [-0.1, -0.05) is 11.6 Å². The van der Waals surface area contributed by atoms with Crippen LogP contribution in [0.1, 0.15) is 18.4 Å². The number of rotatable bonds is 3. The van der Waals surface area contributed by atoms with Gasteiger partial charge in [0.1, 0.15) is 0 Å². The third-order valence-corrected chi connectivity index (χ3v) is 3.14. The second kappa shape index (κ2) is 3.70. The van der Waals surface area contributed by atoms with E-state index < -0.39 is 0 Å². The van der Waals surface area contributed by atoms with Crippen molar-refractivity contribution >= 4 is 23.0 Å². The molecule has 0 aromatic heterocycles. The van der Waals surface area contributed by atoms with Crippen LogP contribution in [-0.4, -0.2) is 6.54 Å². The summed E-state index contributed by atoms with van der Waals surface area (Å²) in [6, 6.07) is 3.84. The molecule has 76 valence electrons. The fourth-order valence-electron chi connectivity index (χ4n) is 1.43. The molecule has 2 rings (SSSR count). The van der Waals surface area contributed by atoms with Crippen molar-refractivity contribution < 1.29 is 0 Å². The van der Waals surface area contributed by atoms with E-state index in [0.29, 0.717) is 0 Å². The Balaban J connectivity index is 2.11. The third kappa shape index (κ3) is 1.95. The van der Waals surface area contributed by atoms with Gasteiger partial charge >= 0.3 is 0 Å². The fourth-order valence-corrected chi connectivity index (χ4v) is 1.60. The van der Waals surface area contributed by atoms with Crippen LogP contribution in [0.3, 0.4) is 0 Å². The largest absolute Gasteiger partial charge is 0.397 e. The van der Waals surface area contributed by atoms with Gasteiger partial charge in [0, 0.05) is 11.6 Å². The van der Waals surface area contributed by atoms with Crippen LogP contribution in [0.5, 0.6) is 0 Å². The van der Waals surface area contributed by atoms with Crippen molar-refractivity contribution in [2.45, 2.75) is 19.8 Å². The van der Waals surface area contributed by atoms with Crippen molar-refractivity contribution in [1.29, 1.82) is 0 Å². The maximum Gasteiger partial charge on any atom is 0.0594 e. The predicted molar refractivity (Wildman–Crippen MR) is 61.8 cm³/mol. The van der Waals surface area contributed by atoms with E-state index in [1.165, 1.54) is 12.8 Å². The second-order valence-corrected chi connectivity index (χ2v) is 4.37. The first kappa shape index (κ1) is 9.66. The molecule has 3 heteroatoms. The summed E-state index contributed by atoms with van der Waals surface area (Å²) in [4.78, 5) is 0. The van der Waals surface area contributed by atoms with Crippen molar-refractivity contribution in [3.63, 3.8) is 0 Å². The average Bonchev–Trinajstić information content (AvgIpc) is 2.97. The highest BCUT2D eigenvalue weighted by molar-refractivity contribution is 6.31. The maximum absolute atomic E-state index is 5.95. The molecular weight excluding hydrogens is 196 g/mol. The second-order valence-electron chi connectivity index (χ2n) is 3.96. The topological polar surface area (TPSA) is 38.0 Å². The van der Waals surface area contributed by atoms with Crippen LogP contribution < -0.4 is 11.1 Å². The SMILES string of the molecule is Cc1c(Cl)ccc(NCC2CC2)c1N. The quantitative estimate of drug-likeness (QED) is 0.753. The molecule has 0 radical (unpaired) electrons. The minimum absolute atomic E-state index is 0.736. The number of benzene rings is 1. The molecule has 0 aliphatic heterocycles. The van der Waals surface area contributed by atoms with E-state index in [2.05, 4.69) is 5.32 Å². The van der Waals surface area contributed by atoms with Crippen LogP contribution >= 0.6 is 11.6 Å². The van der Waals surface area contributed by atoms with Crippen LogP contribution in [0.2, 0.25) is 5.02 Å². The van der Waals surface area contributed by atoms with Crippen molar-refractivity contribution in [1.82, 2.24) is 0 Å². The van der Waals surface area contributed by atoms with Gasteiger partial charge in [-0.3, -0.25) is 0 Å². The van der Waals surface area contributed by atoms with Gasteiger partial charge in [0.2, 0.25) is 0 Å². The number of nitrogen functional groups attached to an aromatic ring is 1. The molecule has 0 atom stereocenters. The van der Waals surface area contributed by atoms with E-state index in [4.69, 9.17) is 17.3 Å². The van der Waals surface area contributed by atoms with Crippen LogP contribution in [-0.2, 0) is 0 Å². The first-order valence-electron chi connectivity index (χ1n) is 4.97. The smallest absolute Gasteiger partial charge is 0.0594 e. The lowest BCUT2D eigenvalue weighted by atomic mass is 10.1. The molecule has 14 heavy (non-hydrogen) atoms. The minimum atomic E-state index is 0.736. The van der Waals surface area contributed by atoms with E-state index in [-0.39, 0.29) is 0 Å². The number of anilines is 2. The Morgan fingerprint density at radius 1 is 1.50 bits per heavy atom. The molecule has 1 aromatic rings. The average molecular weight is 211 g/mol. The molecule has 2 nitrogen and oxygen atoms in total. The molecule has 1 aliphatic carbocycles. The summed E-state index contributed by atoms with van der Waals surface area (Å²) in [6.07, 6.45) is 2.69. The zero-order chi connectivity index (χ0) is 10.1. The van der Waals surface area contributed by atoms with Gasteiger partial charge < -0.3 is 11.1 Å². The Morgan fingerprint density at radius 3 is 2.86 bits per heavy atom. The number of hydrogen-bond donors (Lipinski definition) is 2. The summed E-state index contributed by atoms with van der Waals surface area (Å²) in [7, 11) is 0. The minimum Gasteiger partial charge on any atom is -0.397 e. The number of nitrogens with two attached hydrogens (primary N) is 1. The molecule has 1 fully saturated rings. The molecule has 0 unspecified atom stereocenters. The van der Waals surface area contributed by atoms with Crippen LogP contribution in [0, 0.1) is 12.8 Å². The van der Waals surface area contributed by atoms with Crippen molar-refractivity contribution in [3.8, 4) is 0 Å². The summed E-state index contributed by atoms with van der Waals surface area (Å²) < 4.78 is 0. The molecule has 1 saturated carbocycles. The lowest BCUT2D eigenvalue weighted by Crippen LogP contribution is -2.06. The zero-order valence-corrected chi connectivity index (χ0v) is 9.06. The summed E-state index contributed by atoms with van der Waals surface area (Å²) >= 11 is 5.95. The van der Waals surface area contributed by atoms with Gasteiger partial charge in [-0.25, -0.2) is 0 Å². The highest BCUT2D eigenvalue weighted by atomic mass is 35.5. The van der Waals surface area contributed by atoms with E-state index in [9.17, 15) is 0 Å². The standard InChI is InChI=1S/C11H15ClN2/c1-7-9(12)4-5-10(11(7)13)14-6-8-2-3-8/h4-5,8,14H,2-3,6,13H2,1H3. The highest BCUT2D eigenvalue weighted by Gasteiger charge is 2.20. The van der Waals surface area contributed by atoms with E-state index in [1.54, 1.807) is 0 Å². The lowest BCUT2D eigenvalue weighted by Gasteiger charge is -2.11. The Morgan fingerprint density at radius 2 is 2.21 bits per heavy atom. The molecule has 1 aliphatic rings. The van der Waals surface area contributed by atoms with E-state index in [1.807, 2.05) is 19.1 Å². The zero-order valence-electron chi connectivity index (χ0n) is 8.31. The number of nitrogens with one attached hydrogen (secondary N) is 1. The number of hydrogen-bond acceptors (Lipinski definition) is 2. The van der Waals surface area contributed by atoms with E-state index >= 15 is 0 Å². The van der Waals surface area contributed by atoms with Crippen molar-refractivity contribution in [2.75, 3.05) is 17.6 Å².